The molecule has 5 heteroatoms. The molecule has 0 atom stereocenters. The van der Waals surface area contributed by atoms with E-state index in [1.54, 1.807) is 25.1 Å². The molecule has 96 valence electrons. The second-order valence-electron chi connectivity index (χ2n) is 3.75. The number of pyridine rings is 1. The predicted octanol–water partition coefficient (Wildman–Crippen LogP) is 3.91. The molecule has 0 amide bonds. The molecule has 0 spiro atoms. The van der Waals surface area contributed by atoms with Crippen molar-refractivity contribution in [2.45, 2.75) is 10.8 Å². The molecule has 0 aliphatic rings. The van der Waals surface area contributed by atoms with Crippen LogP contribution in [-0.2, 0) is 5.75 Å². The number of halogens is 1. The Morgan fingerprint density at radius 2 is 2.21 bits per heavy atom. The van der Waals surface area contributed by atoms with E-state index in [9.17, 15) is 0 Å². The molecule has 0 aliphatic carbocycles. The van der Waals surface area contributed by atoms with Crippen molar-refractivity contribution in [2.24, 2.45) is 0 Å². The number of rotatable bonds is 4. The van der Waals surface area contributed by atoms with Gasteiger partial charge in [-0.05, 0) is 29.8 Å². The third-order valence-corrected chi connectivity index (χ3v) is 3.71. The minimum Gasteiger partial charge on any atom is -0.495 e. The monoisotopic (exact) mass is 290 g/mol. The Morgan fingerprint density at radius 1 is 1.37 bits per heavy atom. The Morgan fingerprint density at radius 3 is 2.84 bits per heavy atom. The van der Waals surface area contributed by atoms with E-state index in [4.69, 9.17) is 21.6 Å². The summed E-state index contributed by atoms with van der Waals surface area (Å²) < 4.78 is 5.11. The lowest BCUT2D eigenvalue weighted by Gasteiger charge is -2.05. The maximum Gasteiger partial charge on any atom is 0.136 e. The molecule has 0 aliphatic heterocycles. The lowest BCUT2D eigenvalue weighted by molar-refractivity contribution is 0.413. The van der Waals surface area contributed by atoms with Crippen LogP contribution in [0.2, 0.25) is 5.02 Å². The van der Waals surface area contributed by atoms with Crippen LogP contribution in [0, 0.1) is 11.3 Å². The van der Waals surface area contributed by atoms with E-state index >= 15 is 0 Å². The second kappa shape index (κ2) is 6.46. The number of nitrogens with zero attached hydrogens (tertiary/aromatic N) is 2. The van der Waals surface area contributed by atoms with Gasteiger partial charge in [0.15, 0.2) is 0 Å². The first-order valence-corrected chi connectivity index (χ1v) is 6.90. The van der Waals surface area contributed by atoms with Gasteiger partial charge in [0.1, 0.15) is 11.8 Å². The zero-order valence-corrected chi connectivity index (χ0v) is 11.8. The highest BCUT2D eigenvalue weighted by molar-refractivity contribution is 7.98. The minimum atomic E-state index is 0.546. The summed E-state index contributed by atoms with van der Waals surface area (Å²) in [6.45, 7) is 0. The van der Waals surface area contributed by atoms with Crippen LogP contribution in [0.5, 0.6) is 5.75 Å². The highest BCUT2D eigenvalue weighted by Crippen LogP contribution is 2.25. The second-order valence-corrected chi connectivity index (χ2v) is 5.18. The van der Waals surface area contributed by atoms with Gasteiger partial charge in [-0.2, -0.15) is 5.26 Å². The van der Waals surface area contributed by atoms with Gasteiger partial charge < -0.3 is 4.74 Å². The average Bonchev–Trinajstić information content (AvgIpc) is 2.46. The summed E-state index contributed by atoms with van der Waals surface area (Å²) in [5.41, 5.74) is 1.60. The van der Waals surface area contributed by atoms with Crippen molar-refractivity contribution in [2.75, 3.05) is 7.11 Å². The number of thioether (sulfide) groups is 1. The molecule has 2 rings (SSSR count). The van der Waals surface area contributed by atoms with Gasteiger partial charge in [0.05, 0.1) is 22.7 Å². The topological polar surface area (TPSA) is 45.9 Å². The van der Waals surface area contributed by atoms with E-state index in [-0.39, 0.29) is 0 Å². The fourth-order valence-corrected chi connectivity index (χ4v) is 2.43. The SMILES string of the molecule is COc1ccc(CSc2ccc(Cl)cn2)cc1C#N. The number of hydrogen-bond donors (Lipinski definition) is 0. The highest BCUT2D eigenvalue weighted by atomic mass is 35.5. The molecule has 0 N–H and O–H groups in total. The van der Waals surface area contributed by atoms with Gasteiger partial charge in [-0.1, -0.05) is 17.7 Å². The molecule has 1 aromatic heterocycles. The first-order valence-electron chi connectivity index (χ1n) is 5.54. The Balaban J connectivity index is 2.08. The zero-order chi connectivity index (χ0) is 13.7. The predicted molar refractivity (Wildman–Crippen MR) is 76.5 cm³/mol. The third-order valence-electron chi connectivity index (χ3n) is 2.47. The number of hydrogen-bond acceptors (Lipinski definition) is 4. The summed E-state index contributed by atoms with van der Waals surface area (Å²) in [5.74, 6) is 1.34. The smallest absolute Gasteiger partial charge is 0.136 e. The average molecular weight is 291 g/mol. The summed E-state index contributed by atoms with van der Waals surface area (Å²) in [6.07, 6.45) is 1.62. The van der Waals surface area contributed by atoms with Crippen molar-refractivity contribution in [3.8, 4) is 11.8 Å². The van der Waals surface area contributed by atoms with Crippen LogP contribution in [0.25, 0.3) is 0 Å². The normalized spacial score (nSPS) is 9.95. The number of benzene rings is 1. The molecule has 0 fully saturated rings. The van der Waals surface area contributed by atoms with Gasteiger partial charge in [-0.3, -0.25) is 0 Å². The molecular formula is C14H11ClN2OS. The van der Waals surface area contributed by atoms with Crippen molar-refractivity contribution in [3.63, 3.8) is 0 Å². The van der Waals surface area contributed by atoms with Crippen LogP contribution >= 0.6 is 23.4 Å². The Bertz CT molecular complexity index is 608. The van der Waals surface area contributed by atoms with Gasteiger partial charge in [0.2, 0.25) is 0 Å². The maximum atomic E-state index is 9.03. The van der Waals surface area contributed by atoms with E-state index in [1.807, 2.05) is 30.3 Å². The fraction of sp³-hybridized carbons (Fsp3) is 0.143. The molecule has 0 unspecified atom stereocenters. The lowest BCUT2D eigenvalue weighted by Crippen LogP contribution is -1.90. The van der Waals surface area contributed by atoms with Gasteiger partial charge in [-0.25, -0.2) is 4.98 Å². The molecular weight excluding hydrogens is 280 g/mol. The number of ether oxygens (including phenoxy) is 1. The van der Waals surface area contributed by atoms with Crippen molar-refractivity contribution in [3.05, 3.63) is 52.7 Å². The fourth-order valence-electron chi connectivity index (χ4n) is 1.54. The molecule has 0 saturated carbocycles. The Kier molecular flexibility index (Phi) is 4.67. The largest absolute Gasteiger partial charge is 0.495 e. The van der Waals surface area contributed by atoms with E-state index < -0.39 is 0 Å². The molecule has 0 bridgehead atoms. The minimum absolute atomic E-state index is 0.546. The van der Waals surface area contributed by atoms with Crippen molar-refractivity contribution >= 4 is 23.4 Å². The third kappa shape index (κ3) is 3.63. The molecule has 19 heavy (non-hydrogen) atoms. The van der Waals surface area contributed by atoms with Crippen LogP contribution in [0.1, 0.15) is 11.1 Å². The van der Waals surface area contributed by atoms with Crippen LogP contribution in [-0.4, -0.2) is 12.1 Å². The Labute approximate surface area is 121 Å². The van der Waals surface area contributed by atoms with Gasteiger partial charge in [-0.15, -0.1) is 11.8 Å². The lowest BCUT2D eigenvalue weighted by atomic mass is 10.1. The van der Waals surface area contributed by atoms with Crippen LogP contribution in [0.4, 0.5) is 0 Å². The van der Waals surface area contributed by atoms with Crippen molar-refractivity contribution < 1.29 is 4.74 Å². The maximum absolute atomic E-state index is 9.03. The summed E-state index contributed by atoms with van der Waals surface area (Å²) in [5, 5.41) is 10.6. The molecule has 2 aromatic rings. The van der Waals surface area contributed by atoms with Crippen molar-refractivity contribution in [1.82, 2.24) is 4.98 Å². The standard InChI is InChI=1S/C14H11ClN2OS/c1-18-13-4-2-10(6-11(13)7-16)9-19-14-5-3-12(15)8-17-14/h2-6,8H,9H2,1H3. The first kappa shape index (κ1) is 13.7. The molecule has 1 heterocycles. The van der Waals surface area contributed by atoms with Crippen molar-refractivity contribution in [1.29, 1.82) is 5.26 Å². The van der Waals surface area contributed by atoms with E-state index in [2.05, 4.69) is 11.1 Å². The van der Waals surface area contributed by atoms with E-state index in [0.717, 1.165) is 16.3 Å². The molecule has 0 saturated heterocycles. The quantitative estimate of drug-likeness (QED) is 0.801. The van der Waals surface area contributed by atoms with Gasteiger partial charge in [0.25, 0.3) is 0 Å². The van der Waals surface area contributed by atoms with E-state index in [1.165, 1.54) is 0 Å². The van der Waals surface area contributed by atoms with Crippen LogP contribution < -0.4 is 4.74 Å². The van der Waals surface area contributed by atoms with Crippen LogP contribution in [0.3, 0.4) is 0 Å². The number of methoxy groups -OCH3 is 1. The number of nitriles is 1. The first-order chi connectivity index (χ1) is 9.22. The summed E-state index contributed by atoms with van der Waals surface area (Å²) in [4.78, 5) is 4.21. The highest BCUT2D eigenvalue weighted by Gasteiger charge is 2.04. The van der Waals surface area contributed by atoms with Crippen LogP contribution in [0.15, 0.2) is 41.6 Å². The Hall–Kier alpha value is -1.70. The number of aromatic nitrogens is 1. The molecule has 1 aromatic carbocycles. The molecule has 3 nitrogen and oxygen atoms in total. The van der Waals surface area contributed by atoms with Gasteiger partial charge >= 0.3 is 0 Å². The molecule has 0 radical (unpaired) electrons. The summed E-state index contributed by atoms with van der Waals surface area (Å²) in [7, 11) is 1.56. The summed E-state index contributed by atoms with van der Waals surface area (Å²) >= 11 is 7.37. The van der Waals surface area contributed by atoms with E-state index in [0.29, 0.717) is 16.3 Å². The van der Waals surface area contributed by atoms with Gasteiger partial charge in [0, 0.05) is 11.9 Å². The summed E-state index contributed by atoms with van der Waals surface area (Å²) in [6, 6.07) is 11.4. The zero-order valence-electron chi connectivity index (χ0n) is 10.3.